The third-order valence-electron chi connectivity index (χ3n) is 21.5. The van der Waals surface area contributed by atoms with Crippen molar-refractivity contribution in [2.75, 3.05) is 137 Å². The zero-order valence-electron chi connectivity index (χ0n) is 60.7. The summed E-state index contributed by atoms with van der Waals surface area (Å²) < 4.78 is 38.7. The van der Waals surface area contributed by atoms with E-state index in [1.165, 1.54) is 21.1 Å². The van der Waals surface area contributed by atoms with Gasteiger partial charge in [0.2, 0.25) is 23.6 Å². The number of carboxylic acids is 3. The second kappa shape index (κ2) is 35.9. The van der Waals surface area contributed by atoms with E-state index >= 15 is 9.59 Å². The van der Waals surface area contributed by atoms with Gasteiger partial charge in [-0.2, -0.15) is 0 Å². The number of anilines is 1. The van der Waals surface area contributed by atoms with Gasteiger partial charge in [-0.15, -0.1) is 0 Å². The number of benzene rings is 2. The highest BCUT2D eigenvalue weighted by molar-refractivity contribution is 8.76. The number of likely N-dealkylation sites (N-methyl/N-ethyl adjacent to an activating group) is 1. The number of amides is 6. The number of aromatic amines is 1. The van der Waals surface area contributed by atoms with Crippen LogP contribution >= 0.6 is 21.6 Å². The highest BCUT2D eigenvalue weighted by Crippen LogP contribution is 2.68. The number of nitrogens with zero attached hydrogens (tertiary/aromatic N) is 3. The van der Waals surface area contributed by atoms with E-state index in [0.717, 1.165) is 38.1 Å². The quantitative estimate of drug-likeness (QED) is 0.0124. The number of aromatic nitrogens is 1. The second-order valence-corrected chi connectivity index (χ2v) is 30.6. The van der Waals surface area contributed by atoms with Crippen molar-refractivity contribution < 1.29 is 112 Å². The molecule has 33 nitrogen and oxygen atoms in total. The van der Waals surface area contributed by atoms with Crippen molar-refractivity contribution in [3.8, 4) is 5.75 Å². The third kappa shape index (κ3) is 17.3. The van der Waals surface area contributed by atoms with Gasteiger partial charge in [-0.05, 0) is 74.2 Å². The van der Waals surface area contributed by atoms with E-state index in [1.807, 2.05) is 62.4 Å². The Morgan fingerprint density at radius 1 is 0.755 bits per heavy atom. The minimum atomic E-state index is -2.70. The summed E-state index contributed by atoms with van der Waals surface area (Å²) in [5.74, 6) is -11.7. The molecule has 3 fully saturated rings. The number of piperidine rings is 1. The van der Waals surface area contributed by atoms with E-state index in [9.17, 15) is 69.0 Å². The van der Waals surface area contributed by atoms with E-state index < -0.39 is 142 Å². The van der Waals surface area contributed by atoms with Crippen molar-refractivity contribution in [3.63, 3.8) is 0 Å². The first-order valence-corrected chi connectivity index (χ1v) is 38.1. The van der Waals surface area contributed by atoms with Crippen molar-refractivity contribution in [1.82, 2.24) is 46.9 Å². The molecule has 3 aromatic rings. The minimum absolute atomic E-state index is 0.00516. The summed E-state index contributed by atoms with van der Waals surface area (Å²) in [5.41, 5.74) is 0.941. The number of esters is 1. The summed E-state index contributed by atoms with van der Waals surface area (Å²) in [6.45, 7) is 9.44. The van der Waals surface area contributed by atoms with Crippen LogP contribution in [0, 0.1) is 17.3 Å². The molecule has 2 unspecified atom stereocenters. The number of aliphatic hydroxyl groups is 3. The molecule has 1 spiro atoms. The lowest BCUT2D eigenvalue weighted by atomic mass is 9.47. The van der Waals surface area contributed by atoms with Gasteiger partial charge in [0.1, 0.15) is 42.0 Å². The Morgan fingerprint density at radius 3 is 2.06 bits per heavy atom. The molecule has 584 valence electrons. The first-order chi connectivity index (χ1) is 50.6. The molecule has 1 aliphatic carbocycles. The van der Waals surface area contributed by atoms with Gasteiger partial charge >= 0.3 is 30.0 Å². The maximum absolute atomic E-state index is 15.6. The molecule has 5 aliphatic heterocycles. The highest BCUT2D eigenvalue weighted by Gasteiger charge is 2.79. The van der Waals surface area contributed by atoms with Gasteiger partial charge in [0.25, 0.3) is 5.91 Å². The van der Waals surface area contributed by atoms with E-state index in [0.29, 0.717) is 113 Å². The number of nitrogens with one attached hydrogen (secondary N) is 7. The first kappa shape index (κ1) is 82.2. The number of aliphatic hydroxyl groups excluding tert-OH is 1. The zero-order valence-corrected chi connectivity index (χ0v) is 62.3. The second-order valence-electron chi connectivity index (χ2n) is 27.9. The Hall–Kier alpha value is -7.84. The number of para-hydroxylation sites is 1. The molecular weight excluding hydrogens is 1420 g/mol. The number of rotatable bonds is 37. The van der Waals surface area contributed by atoms with Crippen LogP contribution in [-0.4, -0.2) is 284 Å². The van der Waals surface area contributed by atoms with E-state index in [2.05, 4.69) is 46.9 Å². The van der Waals surface area contributed by atoms with Crippen LogP contribution in [0.25, 0.3) is 10.9 Å². The van der Waals surface area contributed by atoms with Gasteiger partial charge in [0.15, 0.2) is 5.60 Å². The normalized spacial score (nSPS) is 26.7. The van der Waals surface area contributed by atoms with E-state index in [4.69, 9.17) is 33.2 Å². The van der Waals surface area contributed by atoms with Gasteiger partial charge in [-0.3, -0.25) is 53.6 Å². The fourth-order valence-corrected chi connectivity index (χ4v) is 18.7. The van der Waals surface area contributed by atoms with Crippen molar-refractivity contribution in [2.24, 2.45) is 17.3 Å². The zero-order chi connectivity index (χ0) is 76.9. The number of hydrogen-bond acceptors (Lipinski definition) is 25. The molecule has 2 saturated heterocycles. The lowest BCUT2D eigenvalue weighted by molar-refractivity contribution is -0.204. The SMILES string of the molecule is CC[C@]1(O)C[C@H]2CN(CCc3c([nH]c4ccccc34)[C@@](C(=O)OC)(c3cc4c(cc3OC)N(C)[C@H]3[C@@](O)(C(=O)NNC(=O)OCCSSCC(NC(=O)[C@H](CC(=O)O)NC(=O)[C@H](CC(=O)O)NC(=O)[C@@H](C)CNC(=O)CCOCCOCCOCCOC)C(=O)O)[C@H](O)[C@]5(CC)C=CCN6CC[C@]43[C@@H]65)C2)C1. The highest BCUT2D eigenvalue weighted by atomic mass is 33.1. The molecule has 9 rings (SSSR count). The summed E-state index contributed by atoms with van der Waals surface area (Å²) in [6, 6.07) is 4.42. The molecular formula is C71H100N10O23S2. The smallest absolute Gasteiger partial charge is 0.426 e. The van der Waals surface area contributed by atoms with Crippen LogP contribution in [-0.2, 0) is 88.8 Å². The Morgan fingerprint density at radius 2 is 1.42 bits per heavy atom. The summed E-state index contributed by atoms with van der Waals surface area (Å²) in [4.78, 5) is 143. The number of H-pyrrole nitrogens is 1. The molecule has 0 radical (unpaired) electrons. The van der Waals surface area contributed by atoms with Gasteiger partial charge in [-0.1, -0.05) is 72.7 Å². The molecule has 1 aromatic heterocycles. The van der Waals surface area contributed by atoms with Crippen LogP contribution in [0.1, 0.15) is 94.5 Å². The number of hydrazine groups is 1. The van der Waals surface area contributed by atoms with Crippen molar-refractivity contribution in [1.29, 1.82) is 0 Å². The number of aliphatic carboxylic acids is 3. The van der Waals surface area contributed by atoms with Crippen LogP contribution in [0.4, 0.5) is 10.5 Å². The van der Waals surface area contributed by atoms with Crippen molar-refractivity contribution >= 4 is 97.7 Å². The molecule has 14 atom stereocenters. The van der Waals surface area contributed by atoms with Crippen molar-refractivity contribution in [3.05, 3.63) is 70.9 Å². The number of fused-ring (bicyclic) bond motifs is 6. The number of ether oxygens (including phenoxy) is 7. The standard InChI is InChI=1S/C71H100N10O23S2/c1-8-67(96)35-42-36-70(65(94)100-7,56-44(15-20-80(38-42)40-67)43-13-10-11-14-47(43)73-56)46-31-45-51(34-52(46)99-6)79(4)62-69(45)18-21-81-19-12-17-68(9-2,61(69)81)63(92)71(62,97)64(93)77-78-66(95)104-29-30-105-106-39-50(60(90)91)76-59(89)49(33-55(85)86)75-58(88)48(32-54(83)84)74-57(87)41(3)37-72-53(82)16-22-101-25-26-103-28-27-102-24-23-98-5/h10-14,17,31,34,41-42,48-50,61-63,73,92,96-97H,8-9,15-16,18-30,32-33,35-40H2,1-7H3,(H,72,82)(H,74,87)(H,75,88)(H,76,89)(H,77,93)(H,78,95)(H,83,84)(H,85,86)(H,90,91)/t41-,42+,48-,49-,50?,61-,62+,63+,67-,68+,69+,70-,71-/m0/s1. The molecule has 6 heterocycles. The molecule has 106 heavy (non-hydrogen) atoms. The minimum Gasteiger partial charge on any atom is -0.496 e. The average molecular weight is 1530 g/mol. The predicted molar refractivity (Wildman–Crippen MR) is 385 cm³/mol. The molecule has 6 aliphatic rings. The summed E-state index contributed by atoms with van der Waals surface area (Å²) in [6.07, 6.45) is 0.943. The number of methoxy groups -OCH3 is 3. The molecule has 6 amide bonds. The maximum Gasteiger partial charge on any atom is 0.426 e. The van der Waals surface area contributed by atoms with E-state index in [-0.39, 0.29) is 69.7 Å². The number of hydrogen-bond donors (Lipinski definition) is 13. The Bertz CT molecular complexity index is 3740. The number of carbonyl (C=O) groups excluding carboxylic acids is 7. The fourth-order valence-electron chi connectivity index (χ4n) is 16.7. The van der Waals surface area contributed by atoms with Gasteiger partial charge in [-0.25, -0.2) is 15.0 Å². The summed E-state index contributed by atoms with van der Waals surface area (Å²) in [7, 11) is 8.05. The van der Waals surface area contributed by atoms with Gasteiger partial charge in [0.05, 0.1) is 90.9 Å². The fraction of sp³-hybridized carbons (Fsp3) is 0.634. The van der Waals surface area contributed by atoms with Crippen LogP contribution in [0.15, 0.2) is 48.6 Å². The third-order valence-corrected chi connectivity index (χ3v) is 23.9. The molecule has 35 heteroatoms. The lowest BCUT2D eigenvalue weighted by Crippen LogP contribution is -2.82. The molecule has 1 saturated carbocycles. The molecule has 2 bridgehead atoms. The topological polar surface area (TPSA) is 454 Å². The Kier molecular flexibility index (Phi) is 27.9. The average Bonchev–Trinajstić information content (AvgIpc) is 1.46. The van der Waals surface area contributed by atoms with Crippen LogP contribution < -0.4 is 41.8 Å². The van der Waals surface area contributed by atoms with Crippen LogP contribution in [0.2, 0.25) is 0 Å². The maximum atomic E-state index is 15.6. The largest absolute Gasteiger partial charge is 0.496 e. The van der Waals surface area contributed by atoms with Gasteiger partial charge in [0, 0.05) is 116 Å². The summed E-state index contributed by atoms with van der Waals surface area (Å²) in [5, 5.41) is 78.1. The Labute approximate surface area is 621 Å². The van der Waals surface area contributed by atoms with Crippen molar-refractivity contribution in [2.45, 2.75) is 137 Å². The molecule has 2 aromatic carbocycles. The summed E-state index contributed by atoms with van der Waals surface area (Å²) >= 11 is 0. The Balaban J connectivity index is 0.828. The predicted octanol–water partition coefficient (Wildman–Crippen LogP) is 0.713. The van der Waals surface area contributed by atoms with E-state index in [1.54, 1.807) is 19.1 Å². The van der Waals surface area contributed by atoms with Crippen LogP contribution in [0.3, 0.4) is 0 Å². The van der Waals surface area contributed by atoms with Crippen LogP contribution in [0.5, 0.6) is 5.75 Å². The monoisotopic (exact) mass is 1520 g/mol. The lowest BCUT2D eigenvalue weighted by Gasteiger charge is -2.63. The number of carboxylic acid groups (broad SMARTS) is 3. The number of carbonyl (C=O) groups is 10. The van der Waals surface area contributed by atoms with Gasteiger partial charge < -0.3 is 94.9 Å². The molecule has 13 N–H and O–H groups in total. The first-order valence-electron chi connectivity index (χ1n) is 35.6.